The Morgan fingerprint density at radius 1 is 1.03 bits per heavy atom. The average Bonchev–Trinajstić information content (AvgIpc) is 3.73. The molecule has 1 saturated heterocycles. The summed E-state index contributed by atoms with van der Waals surface area (Å²) in [7, 11) is 0. The van der Waals surface area contributed by atoms with Crippen LogP contribution in [0.2, 0.25) is 0 Å². The van der Waals surface area contributed by atoms with Crippen LogP contribution < -0.4 is 15.4 Å². The number of imide groups is 1. The number of hydrogen-bond acceptors (Lipinski definition) is 12. The molecule has 0 aliphatic carbocycles. The molecule has 6 rings (SSSR count). The van der Waals surface area contributed by atoms with E-state index in [1.54, 1.807) is 0 Å². The number of hydrogen-bond donors (Lipinski definition) is 3. The highest BCUT2D eigenvalue weighted by atomic mass is 32.2. The van der Waals surface area contributed by atoms with E-state index in [4.69, 9.17) is 9.47 Å². The fourth-order valence-electron chi connectivity index (χ4n) is 7.48. The number of aryl methyl sites for hydroxylation is 2. The van der Waals surface area contributed by atoms with Gasteiger partial charge in [0.2, 0.25) is 12.3 Å². The predicted molar refractivity (Wildman–Crippen MR) is 228 cm³/mol. The maximum atomic E-state index is 13.8. The number of nitrogens with one attached hydrogen (secondary N) is 3. The van der Waals surface area contributed by atoms with E-state index >= 15 is 0 Å². The number of piperazine rings is 1. The second-order valence-electron chi connectivity index (χ2n) is 16.4. The number of amides is 3. The summed E-state index contributed by atoms with van der Waals surface area (Å²) in [5.74, 6) is 1.53. The topological polar surface area (TPSA) is 181 Å². The molecule has 59 heavy (non-hydrogen) atoms. The number of fused-ring (bicyclic) bond motifs is 2. The minimum absolute atomic E-state index is 0.00416. The lowest BCUT2D eigenvalue weighted by Crippen LogP contribution is -2.47. The van der Waals surface area contributed by atoms with Gasteiger partial charge >= 0.3 is 0 Å². The van der Waals surface area contributed by atoms with Crippen molar-refractivity contribution in [2.24, 2.45) is 0 Å². The fraction of sp³-hybridized carbons (Fsp3) is 0.535. The highest BCUT2D eigenvalue weighted by Crippen LogP contribution is 2.37. The van der Waals surface area contributed by atoms with Crippen LogP contribution >= 0.6 is 0 Å². The van der Waals surface area contributed by atoms with Crippen LogP contribution in [0.25, 0.3) is 10.9 Å². The summed E-state index contributed by atoms with van der Waals surface area (Å²) in [5.41, 5.74) is 5.64. The third kappa shape index (κ3) is 11.2. The fourth-order valence-corrected chi connectivity index (χ4v) is 8.67. The van der Waals surface area contributed by atoms with Gasteiger partial charge in [-0.05, 0) is 95.6 Å². The minimum atomic E-state index is -1.34. The number of aromatic amines is 1. The molecule has 0 radical (unpaired) electrons. The summed E-state index contributed by atoms with van der Waals surface area (Å²) in [4.78, 5) is 51.8. The van der Waals surface area contributed by atoms with Crippen molar-refractivity contribution in [1.82, 2.24) is 40.2 Å². The number of aromatic nitrogens is 4. The van der Waals surface area contributed by atoms with Crippen LogP contribution in [-0.4, -0.2) is 128 Å². The highest BCUT2D eigenvalue weighted by molar-refractivity contribution is 7.92. The summed E-state index contributed by atoms with van der Waals surface area (Å²) in [6, 6.07) is 9.57. The lowest BCUT2D eigenvalue weighted by Gasteiger charge is -2.34. The van der Waals surface area contributed by atoms with Crippen molar-refractivity contribution >= 4 is 51.9 Å². The molecule has 2 aromatic heterocycles. The number of ether oxygens (including phenoxy) is 2. The smallest absolute Gasteiger partial charge is 0.254 e. The Kier molecular flexibility index (Phi) is 15.0. The Labute approximate surface area is 350 Å². The van der Waals surface area contributed by atoms with Crippen LogP contribution in [0, 0.1) is 13.8 Å². The van der Waals surface area contributed by atoms with E-state index in [2.05, 4.69) is 46.7 Å². The number of carbonyl (C=O) groups excluding carboxylic acids is 3. The summed E-state index contributed by atoms with van der Waals surface area (Å²) >= 11 is -1.34. The lowest BCUT2D eigenvalue weighted by molar-refractivity contribution is -0.125. The Morgan fingerprint density at radius 3 is 2.51 bits per heavy atom. The number of benzene rings is 2. The molecule has 3 N–H and O–H groups in total. The van der Waals surface area contributed by atoms with E-state index in [-0.39, 0.29) is 24.3 Å². The van der Waals surface area contributed by atoms with Gasteiger partial charge in [0.25, 0.3) is 5.91 Å². The van der Waals surface area contributed by atoms with Gasteiger partial charge in [-0.3, -0.25) is 29.7 Å². The molecule has 2 atom stereocenters. The molecule has 0 spiro atoms. The summed E-state index contributed by atoms with van der Waals surface area (Å²) in [5, 5.41) is 13.6. The molecular formula is C43H59N9O6S. The standard InChI is InChI=1S/C43H59N9O6S/c1-29(13-14-39(54)46-28-53)52-26-35-32(10-7-12-33(35)42(52)55)11-8-21-57-23-20-51-18-16-50(17-19-51)15-9-22-58-37-25-36-34(24-38(37)59(56)43(4,5)6)41(45-27-44-36)47-40-30(2)31(3)48-49-40/h7,10,12,24-25,27-29H,8-9,11,13-23,26H2,1-6H3,(H,46,53,54)(H2,44,45,47,48,49). The van der Waals surface area contributed by atoms with Crippen LogP contribution in [0.15, 0.2) is 41.6 Å². The highest BCUT2D eigenvalue weighted by Gasteiger charge is 2.33. The van der Waals surface area contributed by atoms with Gasteiger partial charge in [0.15, 0.2) is 16.5 Å². The van der Waals surface area contributed by atoms with Gasteiger partial charge in [-0.15, -0.1) is 0 Å². The van der Waals surface area contributed by atoms with E-state index in [0.717, 1.165) is 86.3 Å². The van der Waals surface area contributed by atoms with Crippen LogP contribution in [0.5, 0.6) is 5.75 Å². The number of anilines is 2. The Bertz CT molecular complexity index is 2080. The summed E-state index contributed by atoms with van der Waals surface area (Å²) in [6.45, 7) is 19.9. The van der Waals surface area contributed by atoms with Gasteiger partial charge < -0.3 is 29.1 Å². The largest absolute Gasteiger partial charge is 0.611 e. The molecule has 2 aliphatic heterocycles. The molecular weight excluding hydrogens is 771 g/mol. The molecule has 2 aliphatic rings. The quantitative estimate of drug-likeness (QED) is 0.0614. The first kappa shape index (κ1) is 44.0. The second kappa shape index (κ2) is 20.1. The number of rotatable bonds is 20. The van der Waals surface area contributed by atoms with Gasteiger partial charge in [-0.2, -0.15) is 5.10 Å². The van der Waals surface area contributed by atoms with Crippen LogP contribution in [0.4, 0.5) is 11.6 Å². The first-order chi connectivity index (χ1) is 28.3. The molecule has 0 bridgehead atoms. The van der Waals surface area contributed by atoms with E-state index in [1.165, 1.54) is 11.9 Å². The minimum Gasteiger partial charge on any atom is -0.611 e. The molecule has 16 heteroatoms. The Morgan fingerprint density at radius 2 is 1.80 bits per heavy atom. The normalized spacial score (nSPS) is 16.0. The lowest BCUT2D eigenvalue weighted by atomic mass is 10.00. The summed E-state index contributed by atoms with van der Waals surface area (Å²) in [6.07, 6.45) is 5.13. The molecule has 0 saturated carbocycles. The van der Waals surface area contributed by atoms with Crippen molar-refractivity contribution in [1.29, 1.82) is 0 Å². The monoisotopic (exact) mass is 829 g/mol. The van der Waals surface area contributed by atoms with Gasteiger partial charge in [0.1, 0.15) is 16.9 Å². The zero-order valence-electron chi connectivity index (χ0n) is 35.3. The second-order valence-corrected chi connectivity index (χ2v) is 18.6. The summed E-state index contributed by atoms with van der Waals surface area (Å²) < 4.78 is 25.7. The molecule has 1 fully saturated rings. The molecule has 15 nitrogen and oxygen atoms in total. The molecule has 2 unspecified atom stereocenters. The average molecular weight is 830 g/mol. The predicted octanol–water partition coefficient (Wildman–Crippen LogP) is 5.05. The first-order valence-electron chi connectivity index (χ1n) is 20.6. The molecule has 3 amide bonds. The molecule has 2 aromatic carbocycles. The van der Waals surface area contributed by atoms with E-state index in [0.29, 0.717) is 67.0 Å². The van der Waals surface area contributed by atoms with Crippen LogP contribution in [-0.2, 0) is 38.5 Å². The van der Waals surface area contributed by atoms with Crippen molar-refractivity contribution in [3.05, 3.63) is 64.6 Å². The number of H-pyrrole nitrogens is 1. The Hall–Kier alpha value is -4.61. The van der Waals surface area contributed by atoms with Crippen molar-refractivity contribution in [3.8, 4) is 5.75 Å². The van der Waals surface area contributed by atoms with Crippen molar-refractivity contribution in [2.75, 3.05) is 64.4 Å². The maximum Gasteiger partial charge on any atom is 0.254 e. The first-order valence-corrected chi connectivity index (χ1v) is 21.8. The van der Waals surface area contributed by atoms with Crippen molar-refractivity contribution in [3.63, 3.8) is 0 Å². The van der Waals surface area contributed by atoms with Gasteiger partial charge in [-0.1, -0.05) is 12.1 Å². The molecule has 318 valence electrons. The van der Waals surface area contributed by atoms with E-state index in [9.17, 15) is 18.9 Å². The van der Waals surface area contributed by atoms with Crippen LogP contribution in [0.1, 0.15) is 86.1 Å². The van der Waals surface area contributed by atoms with Gasteiger partial charge in [-0.25, -0.2) is 9.97 Å². The Balaban J connectivity index is 0.903. The maximum absolute atomic E-state index is 13.8. The van der Waals surface area contributed by atoms with Crippen LogP contribution in [0.3, 0.4) is 0 Å². The number of carbonyl (C=O) groups is 3. The van der Waals surface area contributed by atoms with E-state index in [1.807, 2.05) is 70.7 Å². The third-order valence-electron chi connectivity index (χ3n) is 11.2. The SMILES string of the molecule is Cc1[nH]nc(Nc2ncnc3cc(OCCCN4CCN(CCOCCCc5cccc6c5CN(C(C)CCC(=O)NC=O)C6=O)CC4)c([S+]([O-])C(C)(C)C)cc23)c1C. The third-order valence-corrected chi connectivity index (χ3v) is 13.0. The zero-order chi connectivity index (χ0) is 42.1. The molecule has 4 heterocycles. The van der Waals surface area contributed by atoms with Crippen molar-refractivity contribution < 1.29 is 28.4 Å². The van der Waals surface area contributed by atoms with Gasteiger partial charge in [0, 0.05) is 99.2 Å². The zero-order valence-corrected chi connectivity index (χ0v) is 36.1. The van der Waals surface area contributed by atoms with Gasteiger partial charge in [0.05, 0.1) is 18.7 Å². The molecule has 4 aromatic rings. The number of nitrogens with zero attached hydrogens (tertiary/aromatic N) is 6. The van der Waals surface area contributed by atoms with Crippen molar-refractivity contribution in [2.45, 2.75) is 95.9 Å². The van der Waals surface area contributed by atoms with E-state index < -0.39 is 15.9 Å².